The molecule has 0 unspecified atom stereocenters. The molecule has 1 aliphatic heterocycles. The molecule has 0 saturated heterocycles. The van der Waals surface area contributed by atoms with E-state index in [1.165, 1.54) is 11.3 Å². The first-order chi connectivity index (χ1) is 21.2. The van der Waals surface area contributed by atoms with E-state index in [1.807, 2.05) is 54.8 Å². The number of hydrogen-bond acceptors (Lipinski definition) is 9. The summed E-state index contributed by atoms with van der Waals surface area (Å²) in [5.41, 5.74) is 3.59. The molecule has 0 N–H and O–H groups in total. The largest absolute Gasteiger partial charge is 0.493 e. The number of carbonyl (C=O) groups is 2. The third kappa shape index (κ3) is 5.55. The molecule has 5 rings (SSSR count). The van der Waals surface area contributed by atoms with Crippen molar-refractivity contribution in [3.63, 3.8) is 0 Å². The summed E-state index contributed by atoms with van der Waals surface area (Å²) in [4.78, 5) is 45.1. The molecule has 1 atom stereocenters. The molecule has 0 fully saturated rings. The molecule has 44 heavy (non-hydrogen) atoms. The highest BCUT2D eigenvalue weighted by molar-refractivity contribution is 7.07. The van der Waals surface area contributed by atoms with Crippen molar-refractivity contribution in [1.82, 2.24) is 9.13 Å². The molecule has 4 aromatic rings. The third-order valence-electron chi connectivity index (χ3n) is 7.47. The topological polar surface area (TPSA) is 110 Å². The van der Waals surface area contributed by atoms with E-state index in [9.17, 15) is 14.4 Å². The van der Waals surface area contributed by atoms with E-state index in [4.69, 9.17) is 18.9 Å². The number of fused-ring (bicyclic) bond motifs is 2. The van der Waals surface area contributed by atoms with Gasteiger partial charge in [0.25, 0.3) is 5.56 Å². The molecule has 0 amide bonds. The fourth-order valence-electron chi connectivity index (χ4n) is 5.55. The van der Waals surface area contributed by atoms with E-state index in [0.717, 1.165) is 22.2 Å². The molecule has 0 spiro atoms. The summed E-state index contributed by atoms with van der Waals surface area (Å²) in [5.74, 6) is 0.156. The maximum Gasteiger partial charge on any atom is 0.338 e. The van der Waals surface area contributed by atoms with Crippen LogP contribution < -0.4 is 24.4 Å². The number of rotatable bonds is 10. The Balaban J connectivity index is 1.73. The van der Waals surface area contributed by atoms with Crippen LogP contribution in [0, 0.1) is 6.92 Å². The predicted octanol–water partition coefficient (Wildman–Crippen LogP) is 4.03. The number of ether oxygens (including phenoxy) is 4. The van der Waals surface area contributed by atoms with Gasteiger partial charge in [-0.2, -0.15) is 0 Å². The predicted molar refractivity (Wildman–Crippen MR) is 168 cm³/mol. The van der Waals surface area contributed by atoms with Gasteiger partial charge in [-0.15, -0.1) is 0 Å². The first-order valence-electron chi connectivity index (χ1n) is 14.5. The Morgan fingerprint density at radius 3 is 2.45 bits per heavy atom. The fraction of sp³-hybridized carbons (Fsp3) is 0.333. The van der Waals surface area contributed by atoms with Gasteiger partial charge < -0.3 is 23.5 Å². The second-order valence-corrected chi connectivity index (χ2v) is 11.1. The number of para-hydroxylation sites is 1. The molecule has 2 aromatic heterocycles. The zero-order valence-corrected chi connectivity index (χ0v) is 26.4. The van der Waals surface area contributed by atoms with Crippen molar-refractivity contribution in [1.29, 1.82) is 0 Å². The summed E-state index contributed by atoms with van der Waals surface area (Å²) in [6, 6.07) is 12.3. The highest BCUT2D eigenvalue weighted by Gasteiger charge is 2.34. The number of benzene rings is 2. The van der Waals surface area contributed by atoms with Gasteiger partial charge in [-0.1, -0.05) is 35.6 Å². The Bertz CT molecular complexity index is 1960. The van der Waals surface area contributed by atoms with Crippen LogP contribution in [-0.4, -0.2) is 48.0 Å². The Morgan fingerprint density at radius 2 is 1.75 bits per heavy atom. The number of nitrogens with zero attached hydrogens (tertiary/aromatic N) is 3. The van der Waals surface area contributed by atoms with Crippen LogP contribution in [0.15, 0.2) is 63.5 Å². The Kier molecular flexibility index (Phi) is 9.05. The van der Waals surface area contributed by atoms with Gasteiger partial charge in [0.2, 0.25) is 0 Å². The van der Waals surface area contributed by atoms with Crippen LogP contribution in [-0.2, 0) is 25.6 Å². The SMILES string of the molecule is CCOC(=O)Cn1c(C)c(/C=c2\sc3n(c2=O)[C@H](c2ccc(OC)c(OCC)c2)C(C(=O)OCC)=C(C)N=3)c2ccccc21. The van der Waals surface area contributed by atoms with Crippen LogP contribution in [0.25, 0.3) is 17.0 Å². The number of esters is 2. The van der Waals surface area contributed by atoms with Crippen molar-refractivity contribution >= 4 is 40.3 Å². The average molecular weight is 618 g/mol. The van der Waals surface area contributed by atoms with Crippen LogP contribution in [0.5, 0.6) is 11.5 Å². The van der Waals surface area contributed by atoms with E-state index in [2.05, 4.69) is 4.99 Å². The molecule has 10 nitrogen and oxygen atoms in total. The molecule has 1 aliphatic rings. The van der Waals surface area contributed by atoms with E-state index < -0.39 is 12.0 Å². The van der Waals surface area contributed by atoms with Gasteiger partial charge in [-0.3, -0.25) is 14.2 Å². The Hall–Kier alpha value is -4.64. The monoisotopic (exact) mass is 617 g/mol. The maximum absolute atomic E-state index is 14.3. The summed E-state index contributed by atoms with van der Waals surface area (Å²) >= 11 is 1.24. The fourth-order valence-corrected chi connectivity index (χ4v) is 6.58. The number of hydrogen-bond donors (Lipinski definition) is 0. The van der Waals surface area contributed by atoms with Crippen molar-refractivity contribution in [3.05, 3.63) is 90.2 Å². The van der Waals surface area contributed by atoms with Crippen molar-refractivity contribution in [2.75, 3.05) is 26.9 Å². The summed E-state index contributed by atoms with van der Waals surface area (Å²) < 4.78 is 25.8. The van der Waals surface area contributed by atoms with Gasteiger partial charge in [-0.25, -0.2) is 9.79 Å². The first-order valence-corrected chi connectivity index (χ1v) is 15.3. The minimum absolute atomic E-state index is 0.0526. The van der Waals surface area contributed by atoms with Crippen molar-refractivity contribution in [2.24, 2.45) is 4.99 Å². The van der Waals surface area contributed by atoms with Crippen molar-refractivity contribution in [3.8, 4) is 11.5 Å². The van der Waals surface area contributed by atoms with E-state index in [0.29, 0.717) is 45.3 Å². The molecule has 3 heterocycles. The van der Waals surface area contributed by atoms with Gasteiger partial charge in [0.05, 0.1) is 48.8 Å². The van der Waals surface area contributed by atoms with Crippen LogP contribution >= 0.6 is 11.3 Å². The molecule has 230 valence electrons. The zero-order chi connectivity index (χ0) is 31.5. The number of allylic oxidation sites excluding steroid dienone is 1. The van der Waals surface area contributed by atoms with Crippen molar-refractivity contribution < 1.29 is 28.5 Å². The van der Waals surface area contributed by atoms with Crippen molar-refractivity contribution in [2.45, 2.75) is 47.2 Å². The van der Waals surface area contributed by atoms with Gasteiger partial charge in [0.1, 0.15) is 6.54 Å². The zero-order valence-electron chi connectivity index (χ0n) is 25.6. The maximum atomic E-state index is 14.3. The molecule has 0 aliphatic carbocycles. The summed E-state index contributed by atoms with van der Waals surface area (Å²) in [6.45, 7) is 9.97. The van der Waals surface area contributed by atoms with Gasteiger partial charge in [0.15, 0.2) is 16.3 Å². The molecular formula is C33H35N3O7S. The lowest BCUT2D eigenvalue weighted by Crippen LogP contribution is -2.40. The number of methoxy groups -OCH3 is 1. The van der Waals surface area contributed by atoms with Crippen LogP contribution in [0.4, 0.5) is 0 Å². The molecule has 2 aromatic carbocycles. The van der Waals surface area contributed by atoms with E-state index >= 15 is 0 Å². The van der Waals surface area contributed by atoms with E-state index in [-0.39, 0.29) is 30.3 Å². The summed E-state index contributed by atoms with van der Waals surface area (Å²) in [5, 5.41) is 0.900. The van der Waals surface area contributed by atoms with Gasteiger partial charge in [-0.05, 0) is 64.5 Å². The van der Waals surface area contributed by atoms with Gasteiger partial charge >= 0.3 is 11.9 Å². The summed E-state index contributed by atoms with van der Waals surface area (Å²) in [6.07, 6.45) is 1.84. The molecule has 0 bridgehead atoms. The van der Waals surface area contributed by atoms with Crippen LogP contribution in [0.3, 0.4) is 0 Å². The highest BCUT2D eigenvalue weighted by atomic mass is 32.1. The van der Waals surface area contributed by atoms with Gasteiger partial charge in [0, 0.05) is 22.2 Å². The molecule has 11 heteroatoms. The minimum atomic E-state index is -0.802. The first kappa shape index (κ1) is 30.8. The van der Waals surface area contributed by atoms with Crippen LogP contribution in [0.1, 0.15) is 50.6 Å². The lowest BCUT2D eigenvalue weighted by atomic mass is 9.95. The van der Waals surface area contributed by atoms with E-state index in [1.54, 1.807) is 44.6 Å². The minimum Gasteiger partial charge on any atom is -0.493 e. The molecule has 0 radical (unpaired) electrons. The number of thiazole rings is 1. The standard InChI is InChI=1S/C33H35N3O7S/c1-7-41-26-16-21(14-15-25(26)40-6)30-29(32(39)43-9-3)19(4)34-33-36(30)31(38)27(44-33)17-23-20(5)35(18-28(37)42-8-2)24-13-11-10-12-22(23)24/h10-17,30H,7-9,18H2,1-6H3/b27-17-/t30-/m1/s1. The second-order valence-electron chi connectivity index (χ2n) is 10.1. The molecular weight excluding hydrogens is 582 g/mol. The summed E-state index contributed by atoms with van der Waals surface area (Å²) in [7, 11) is 1.56. The number of carbonyl (C=O) groups excluding carboxylic acids is 2. The normalized spacial score (nSPS) is 14.8. The quantitative estimate of drug-likeness (QED) is 0.247. The Morgan fingerprint density at radius 1 is 1.00 bits per heavy atom. The molecule has 0 saturated carbocycles. The smallest absolute Gasteiger partial charge is 0.338 e. The lowest BCUT2D eigenvalue weighted by molar-refractivity contribution is -0.143. The average Bonchev–Trinajstić information content (AvgIpc) is 3.45. The van der Waals surface area contributed by atoms with Crippen LogP contribution in [0.2, 0.25) is 0 Å². The number of aromatic nitrogens is 2. The highest BCUT2D eigenvalue weighted by Crippen LogP contribution is 2.36. The third-order valence-corrected chi connectivity index (χ3v) is 8.45. The lowest BCUT2D eigenvalue weighted by Gasteiger charge is -2.25. The second kappa shape index (κ2) is 12.9. The Labute approximate surface area is 258 Å².